The summed E-state index contributed by atoms with van der Waals surface area (Å²) in [6.45, 7) is 4.42. The van der Waals surface area contributed by atoms with E-state index in [0.717, 1.165) is 18.7 Å². The van der Waals surface area contributed by atoms with E-state index in [1.54, 1.807) is 55.1 Å². The number of anilines is 3. The molecule has 8 heteroatoms. The highest BCUT2D eigenvalue weighted by molar-refractivity contribution is 7.92. The second kappa shape index (κ2) is 8.65. The summed E-state index contributed by atoms with van der Waals surface area (Å²) in [5, 5.41) is 2.82. The summed E-state index contributed by atoms with van der Waals surface area (Å²) >= 11 is 0. The smallest absolute Gasteiger partial charge is 0.255 e. The number of benzene rings is 2. The van der Waals surface area contributed by atoms with Gasteiger partial charge in [-0.2, -0.15) is 0 Å². The minimum atomic E-state index is -3.36. The van der Waals surface area contributed by atoms with Crippen LogP contribution in [-0.2, 0) is 14.8 Å². The summed E-state index contributed by atoms with van der Waals surface area (Å²) in [5.74, 6) is -0.154. The van der Waals surface area contributed by atoms with Crippen LogP contribution in [0.1, 0.15) is 37.0 Å². The van der Waals surface area contributed by atoms with Crippen LogP contribution in [0.2, 0.25) is 0 Å². The molecule has 154 valence electrons. The molecule has 1 fully saturated rings. The third-order valence-corrected chi connectivity index (χ3v) is 6.79. The van der Waals surface area contributed by atoms with Crippen LogP contribution in [-0.4, -0.2) is 39.1 Å². The molecule has 7 nitrogen and oxygen atoms in total. The second-order valence-corrected chi connectivity index (χ2v) is 8.94. The van der Waals surface area contributed by atoms with Crippen LogP contribution in [0.4, 0.5) is 17.1 Å². The van der Waals surface area contributed by atoms with Gasteiger partial charge in [-0.25, -0.2) is 8.42 Å². The van der Waals surface area contributed by atoms with Crippen molar-refractivity contribution >= 4 is 38.9 Å². The molecule has 2 aromatic carbocycles. The minimum absolute atomic E-state index is 0.0160. The lowest BCUT2D eigenvalue weighted by Gasteiger charge is -2.22. The van der Waals surface area contributed by atoms with Gasteiger partial charge in [-0.05, 0) is 68.8 Å². The van der Waals surface area contributed by atoms with Gasteiger partial charge in [-0.1, -0.05) is 0 Å². The molecule has 2 amide bonds. The van der Waals surface area contributed by atoms with Gasteiger partial charge in [-0.3, -0.25) is 13.9 Å². The third-order valence-electron chi connectivity index (χ3n) is 4.92. The Balaban J connectivity index is 1.68. The van der Waals surface area contributed by atoms with E-state index >= 15 is 0 Å². The van der Waals surface area contributed by atoms with Gasteiger partial charge in [0.2, 0.25) is 15.9 Å². The lowest BCUT2D eigenvalue weighted by Crippen LogP contribution is -2.32. The summed E-state index contributed by atoms with van der Waals surface area (Å²) in [7, 11) is -3.36. The number of nitrogens with one attached hydrogen (secondary N) is 1. The fraction of sp³-hybridized carbons (Fsp3) is 0.333. The zero-order valence-electron chi connectivity index (χ0n) is 16.6. The Bertz CT molecular complexity index is 986. The SMILES string of the molecule is CCN(c1ccc(C(=O)Nc2ccc(N3CCCC3=O)cc2)cc1)S(=O)(=O)CC. The zero-order chi connectivity index (χ0) is 21.0. The summed E-state index contributed by atoms with van der Waals surface area (Å²) in [4.78, 5) is 26.1. The van der Waals surface area contributed by atoms with E-state index in [0.29, 0.717) is 29.9 Å². The third kappa shape index (κ3) is 4.59. The van der Waals surface area contributed by atoms with Crippen LogP contribution in [0.5, 0.6) is 0 Å². The van der Waals surface area contributed by atoms with Gasteiger partial charge in [0, 0.05) is 36.4 Å². The average Bonchev–Trinajstić information content (AvgIpc) is 3.15. The molecule has 1 N–H and O–H groups in total. The van der Waals surface area contributed by atoms with Crippen molar-refractivity contribution in [3.8, 4) is 0 Å². The molecule has 0 aromatic heterocycles. The maximum atomic E-state index is 12.5. The fourth-order valence-corrected chi connectivity index (χ4v) is 4.47. The number of hydrogen-bond acceptors (Lipinski definition) is 4. The van der Waals surface area contributed by atoms with Gasteiger partial charge in [0.05, 0.1) is 11.4 Å². The van der Waals surface area contributed by atoms with Crippen molar-refractivity contribution in [2.45, 2.75) is 26.7 Å². The second-order valence-electron chi connectivity index (χ2n) is 6.76. The molecule has 0 radical (unpaired) electrons. The van der Waals surface area contributed by atoms with Crippen molar-refractivity contribution < 1.29 is 18.0 Å². The van der Waals surface area contributed by atoms with Crippen molar-refractivity contribution in [3.63, 3.8) is 0 Å². The Morgan fingerprint density at radius 3 is 2.24 bits per heavy atom. The molecule has 1 heterocycles. The normalized spacial score (nSPS) is 14.1. The highest BCUT2D eigenvalue weighted by atomic mass is 32.2. The molecular formula is C21H25N3O4S. The van der Waals surface area contributed by atoms with E-state index < -0.39 is 10.0 Å². The molecule has 0 spiro atoms. The number of carbonyl (C=O) groups is 2. The molecule has 0 aliphatic carbocycles. The number of hydrogen-bond donors (Lipinski definition) is 1. The van der Waals surface area contributed by atoms with E-state index in [4.69, 9.17) is 0 Å². The van der Waals surface area contributed by atoms with Crippen molar-refractivity contribution in [1.29, 1.82) is 0 Å². The number of sulfonamides is 1. The standard InChI is InChI=1S/C21H25N3O4S/c1-3-24(29(27,28)4-2)19-11-7-16(8-12-19)21(26)22-17-9-13-18(14-10-17)23-15-5-6-20(23)25/h7-14H,3-6,15H2,1-2H3,(H,22,26). The first-order valence-electron chi connectivity index (χ1n) is 9.68. The van der Waals surface area contributed by atoms with Crippen LogP contribution in [0.15, 0.2) is 48.5 Å². The van der Waals surface area contributed by atoms with Gasteiger partial charge >= 0.3 is 0 Å². The summed E-state index contributed by atoms with van der Waals surface area (Å²) in [6.07, 6.45) is 1.44. The fourth-order valence-electron chi connectivity index (χ4n) is 3.32. The lowest BCUT2D eigenvalue weighted by molar-refractivity contribution is -0.117. The summed E-state index contributed by atoms with van der Waals surface area (Å²) < 4.78 is 25.6. The average molecular weight is 416 g/mol. The molecule has 1 aliphatic heterocycles. The molecule has 2 aromatic rings. The van der Waals surface area contributed by atoms with Crippen molar-refractivity contribution in [2.75, 3.05) is 33.4 Å². The maximum absolute atomic E-state index is 12.5. The van der Waals surface area contributed by atoms with Crippen molar-refractivity contribution in [1.82, 2.24) is 0 Å². The minimum Gasteiger partial charge on any atom is -0.322 e. The molecule has 0 bridgehead atoms. The number of rotatable bonds is 7. The topological polar surface area (TPSA) is 86.8 Å². The van der Waals surface area contributed by atoms with E-state index in [1.165, 1.54) is 4.31 Å². The van der Waals surface area contributed by atoms with Gasteiger partial charge < -0.3 is 10.2 Å². The van der Waals surface area contributed by atoms with E-state index in [2.05, 4.69) is 5.32 Å². The van der Waals surface area contributed by atoms with Crippen LogP contribution in [0.3, 0.4) is 0 Å². The van der Waals surface area contributed by atoms with Crippen molar-refractivity contribution in [3.05, 3.63) is 54.1 Å². The van der Waals surface area contributed by atoms with Crippen LogP contribution >= 0.6 is 0 Å². The first kappa shape index (κ1) is 20.9. The Kier molecular flexibility index (Phi) is 6.22. The molecule has 1 aliphatic rings. The van der Waals surface area contributed by atoms with Gasteiger partial charge in [0.25, 0.3) is 5.91 Å². The van der Waals surface area contributed by atoms with Crippen molar-refractivity contribution in [2.24, 2.45) is 0 Å². The van der Waals surface area contributed by atoms with E-state index in [-0.39, 0.29) is 17.6 Å². The van der Waals surface area contributed by atoms with E-state index in [1.807, 2.05) is 12.1 Å². The Labute approximate surface area is 171 Å². The molecule has 1 saturated heterocycles. The van der Waals surface area contributed by atoms with Gasteiger partial charge in [0.15, 0.2) is 0 Å². The Morgan fingerprint density at radius 2 is 1.72 bits per heavy atom. The quantitative estimate of drug-likeness (QED) is 0.752. The van der Waals surface area contributed by atoms with E-state index in [9.17, 15) is 18.0 Å². The molecule has 0 saturated carbocycles. The number of amides is 2. The first-order valence-corrected chi connectivity index (χ1v) is 11.3. The first-order chi connectivity index (χ1) is 13.9. The lowest BCUT2D eigenvalue weighted by atomic mass is 10.2. The largest absolute Gasteiger partial charge is 0.322 e. The molecule has 0 unspecified atom stereocenters. The highest BCUT2D eigenvalue weighted by Gasteiger charge is 2.22. The number of nitrogens with zero attached hydrogens (tertiary/aromatic N) is 2. The predicted octanol–water partition coefficient (Wildman–Crippen LogP) is 3.24. The summed E-state index contributed by atoms with van der Waals surface area (Å²) in [5.41, 5.74) is 2.41. The molecule has 29 heavy (non-hydrogen) atoms. The summed E-state index contributed by atoms with van der Waals surface area (Å²) in [6, 6.07) is 13.6. The van der Waals surface area contributed by atoms with Crippen LogP contribution in [0.25, 0.3) is 0 Å². The van der Waals surface area contributed by atoms with Crippen LogP contribution in [0, 0.1) is 0 Å². The maximum Gasteiger partial charge on any atom is 0.255 e. The zero-order valence-corrected chi connectivity index (χ0v) is 17.4. The van der Waals surface area contributed by atoms with Gasteiger partial charge in [0.1, 0.15) is 0 Å². The molecule has 3 rings (SSSR count). The van der Waals surface area contributed by atoms with Crippen LogP contribution < -0.4 is 14.5 Å². The Morgan fingerprint density at radius 1 is 1.07 bits per heavy atom. The molecular weight excluding hydrogens is 390 g/mol. The molecule has 0 atom stereocenters. The monoisotopic (exact) mass is 415 g/mol. The number of carbonyl (C=O) groups excluding carboxylic acids is 2. The Hall–Kier alpha value is -2.87. The van der Waals surface area contributed by atoms with Gasteiger partial charge in [-0.15, -0.1) is 0 Å². The highest BCUT2D eigenvalue weighted by Crippen LogP contribution is 2.24. The predicted molar refractivity (Wildman–Crippen MR) is 115 cm³/mol.